The molecule has 124 valence electrons. The zero-order valence-corrected chi connectivity index (χ0v) is 14.8. The molecule has 2 aromatic carbocycles. The Morgan fingerprint density at radius 1 is 0.913 bits per heavy atom. The Balaban J connectivity index is 1.77. The monoisotopic (exact) mass is 352 g/mol. The molecule has 0 atom stereocenters. The van der Waals surface area contributed by atoms with Gasteiger partial charge in [-0.1, -0.05) is 41.4 Å². The maximum absolute atomic E-state index is 6.00. The summed E-state index contributed by atoms with van der Waals surface area (Å²) in [7, 11) is 1.97. The van der Waals surface area contributed by atoms with Crippen LogP contribution < -0.4 is 15.4 Å². The molecule has 0 fully saturated rings. The standard InChI is InChI=1S/C18H22Cl2N2O/c1-21-9-2-10-22-12-14-3-6-16(7-4-14)23-13-15-5-8-17(19)18(20)11-15/h3-8,11,21-22H,2,9-10,12-13H2,1H3. The van der Waals surface area contributed by atoms with E-state index in [2.05, 4.69) is 22.8 Å². The van der Waals surface area contributed by atoms with E-state index in [9.17, 15) is 0 Å². The number of rotatable bonds is 9. The van der Waals surface area contributed by atoms with E-state index in [0.717, 1.165) is 37.4 Å². The molecule has 2 rings (SSSR count). The average Bonchev–Trinajstić information content (AvgIpc) is 2.57. The van der Waals surface area contributed by atoms with E-state index >= 15 is 0 Å². The smallest absolute Gasteiger partial charge is 0.119 e. The van der Waals surface area contributed by atoms with Crippen LogP contribution in [0.3, 0.4) is 0 Å². The average molecular weight is 353 g/mol. The molecule has 3 nitrogen and oxygen atoms in total. The second-order valence-electron chi connectivity index (χ2n) is 5.31. The molecule has 0 aliphatic heterocycles. The molecule has 23 heavy (non-hydrogen) atoms. The molecule has 0 spiro atoms. The van der Waals surface area contributed by atoms with Crippen molar-refractivity contribution < 1.29 is 4.74 Å². The van der Waals surface area contributed by atoms with Crippen LogP contribution in [0.1, 0.15) is 17.5 Å². The maximum Gasteiger partial charge on any atom is 0.119 e. The van der Waals surface area contributed by atoms with Crippen molar-refractivity contribution in [3.63, 3.8) is 0 Å². The third kappa shape index (κ3) is 6.40. The van der Waals surface area contributed by atoms with Crippen molar-refractivity contribution in [2.75, 3.05) is 20.1 Å². The molecule has 0 saturated heterocycles. The molecule has 2 aromatic rings. The second kappa shape index (κ2) is 9.78. The lowest BCUT2D eigenvalue weighted by molar-refractivity contribution is 0.306. The second-order valence-corrected chi connectivity index (χ2v) is 6.13. The summed E-state index contributed by atoms with van der Waals surface area (Å²) < 4.78 is 5.77. The summed E-state index contributed by atoms with van der Waals surface area (Å²) in [5.74, 6) is 0.843. The first kappa shape index (κ1) is 18.1. The van der Waals surface area contributed by atoms with E-state index in [1.54, 1.807) is 6.07 Å². The lowest BCUT2D eigenvalue weighted by atomic mass is 10.2. The predicted octanol–water partition coefficient (Wildman–Crippen LogP) is 4.27. The molecular formula is C18H22Cl2N2O. The van der Waals surface area contributed by atoms with Gasteiger partial charge in [0.05, 0.1) is 10.0 Å². The lowest BCUT2D eigenvalue weighted by Crippen LogP contribution is -2.19. The quantitative estimate of drug-likeness (QED) is 0.661. The molecule has 0 amide bonds. The van der Waals surface area contributed by atoms with Gasteiger partial charge in [0.2, 0.25) is 0 Å². The van der Waals surface area contributed by atoms with Crippen molar-refractivity contribution in [3.8, 4) is 5.75 Å². The van der Waals surface area contributed by atoms with E-state index in [-0.39, 0.29) is 0 Å². The van der Waals surface area contributed by atoms with E-state index < -0.39 is 0 Å². The molecule has 2 N–H and O–H groups in total. The molecule has 0 aromatic heterocycles. The summed E-state index contributed by atoms with van der Waals surface area (Å²) in [6, 6.07) is 13.7. The minimum Gasteiger partial charge on any atom is -0.489 e. The minimum absolute atomic E-state index is 0.471. The summed E-state index contributed by atoms with van der Waals surface area (Å²) in [5, 5.41) is 7.66. The van der Waals surface area contributed by atoms with Crippen molar-refractivity contribution in [3.05, 3.63) is 63.6 Å². The molecule has 0 aliphatic rings. The van der Waals surface area contributed by atoms with Gasteiger partial charge in [-0.25, -0.2) is 0 Å². The van der Waals surface area contributed by atoms with Crippen LogP contribution in [0.5, 0.6) is 5.75 Å². The van der Waals surface area contributed by atoms with Crippen LogP contribution in [0, 0.1) is 0 Å². The van der Waals surface area contributed by atoms with Gasteiger partial charge in [0.1, 0.15) is 12.4 Å². The largest absolute Gasteiger partial charge is 0.489 e. The van der Waals surface area contributed by atoms with Gasteiger partial charge in [-0.15, -0.1) is 0 Å². The Morgan fingerprint density at radius 3 is 2.35 bits per heavy atom. The van der Waals surface area contributed by atoms with Crippen molar-refractivity contribution in [1.82, 2.24) is 10.6 Å². The molecule has 0 unspecified atom stereocenters. The van der Waals surface area contributed by atoms with Gasteiger partial charge in [-0.2, -0.15) is 0 Å². The van der Waals surface area contributed by atoms with Crippen LogP contribution in [-0.4, -0.2) is 20.1 Å². The van der Waals surface area contributed by atoms with Crippen molar-refractivity contribution in [2.24, 2.45) is 0 Å². The Labute approximate surface area is 147 Å². The van der Waals surface area contributed by atoms with Crippen LogP contribution >= 0.6 is 23.2 Å². The summed E-state index contributed by atoms with van der Waals surface area (Å²) in [6.45, 7) is 3.39. The van der Waals surface area contributed by atoms with Gasteiger partial charge in [-0.3, -0.25) is 0 Å². The number of halogens is 2. The van der Waals surface area contributed by atoms with Crippen LogP contribution in [0.2, 0.25) is 10.0 Å². The normalized spacial score (nSPS) is 10.7. The van der Waals surface area contributed by atoms with Gasteiger partial charge in [0, 0.05) is 6.54 Å². The molecular weight excluding hydrogens is 331 g/mol. The highest BCUT2D eigenvalue weighted by Gasteiger charge is 2.01. The summed E-state index contributed by atoms with van der Waals surface area (Å²) in [4.78, 5) is 0. The zero-order chi connectivity index (χ0) is 16.5. The highest BCUT2D eigenvalue weighted by atomic mass is 35.5. The van der Waals surface area contributed by atoms with Crippen molar-refractivity contribution >= 4 is 23.2 Å². The van der Waals surface area contributed by atoms with Gasteiger partial charge >= 0.3 is 0 Å². The fourth-order valence-electron chi connectivity index (χ4n) is 2.12. The van der Waals surface area contributed by atoms with Crippen LogP contribution in [0.25, 0.3) is 0 Å². The zero-order valence-electron chi connectivity index (χ0n) is 13.2. The summed E-state index contributed by atoms with van der Waals surface area (Å²) in [5.41, 5.74) is 2.24. The fraction of sp³-hybridized carbons (Fsp3) is 0.333. The fourth-order valence-corrected chi connectivity index (χ4v) is 2.44. The van der Waals surface area contributed by atoms with E-state index in [1.807, 2.05) is 31.3 Å². The molecule has 0 heterocycles. The van der Waals surface area contributed by atoms with Gasteiger partial charge in [0.25, 0.3) is 0 Å². The molecule has 0 bridgehead atoms. The van der Waals surface area contributed by atoms with Gasteiger partial charge < -0.3 is 15.4 Å². The van der Waals surface area contributed by atoms with Crippen molar-refractivity contribution in [2.45, 2.75) is 19.6 Å². The third-order valence-corrected chi connectivity index (χ3v) is 4.16. The van der Waals surface area contributed by atoms with Crippen LogP contribution in [0.15, 0.2) is 42.5 Å². The first-order chi connectivity index (χ1) is 11.2. The summed E-state index contributed by atoms with van der Waals surface area (Å²) in [6.07, 6.45) is 1.13. The molecule has 0 radical (unpaired) electrons. The Morgan fingerprint density at radius 2 is 1.65 bits per heavy atom. The lowest BCUT2D eigenvalue weighted by Gasteiger charge is -2.09. The van der Waals surface area contributed by atoms with Crippen molar-refractivity contribution in [1.29, 1.82) is 0 Å². The summed E-state index contributed by atoms with van der Waals surface area (Å²) >= 11 is 11.9. The van der Waals surface area contributed by atoms with E-state index in [4.69, 9.17) is 27.9 Å². The molecule has 0 saturated carbocycles. The number of ether oxygens (including phenoxy) is 1. The Hall–Kier alpha value is -1.26. The minimum atomic E-state index is 0.471. The first-order valence-electron chi connectivity index (χ1n) is 7.70. The first-order valence-corrected chi connectivity index (χ1v) is 8.45. The Kier molecular flexibility index (Phi) is 7.69. The number of nitrogens with one attached hydrogen (secondary N) is 2. The van der Waals surface area contributed by atoms with E-state index in [1.165, 1.54) is 5.56 Å². The molecule has 5 heteroatoms. The number of benzene rings is 2. The predicted molar refractivity (Wildman–Crippen MR) is 97.5 cm³/mol. The highest BCUT2D eigenvalue weighted by molar-refractivity contribution is 6.42. The van der Waals surface area contributed by atoms with Crippen LogP contribution in [-0.2, 0) is 13.2 Å². The molecule has 0 aliphatic carbocycles. The van der Waals surface area contributed by atoms with Gasteiger partial charge in [0.15, 0.2) is 0 Å². The third-order valence-electron chi connectivity index (χ3n) is 3.42. The highest BCUT2D eigenvalue weighted by Crippen LogP contribution is 2.23. The number of hydrogen-bond acceptors (Lipinski definition) is 3. The van der Waals surface area contributed by atoms with Gasteiger partial charge in [-0.05, 0) is 62.0 Å². The topological polar surface area (TPSA) is 33.3 Å². The van der Waals surface area contributed by atoms with E-state index in [0.29, 0.717) is 16.7 Å². The number of hydrogen-bond donors (Lipinski definition) is 2. The Bertz CT molecular complexity index is 602. The SMILES string of the molecule is CNCCCNCc1ccc(OCc2ccc(Cl)c(Cl)c2)cc1. The maximum atomic E-state index is 6.00. The van der Waals surface area contributed by atoms with Crippen LogP contribution in [0.4, 0.5) is 0 Å².